The smallest absolute Gasteiger partial charge is 0.295 e. The molecule has 182 valence electrons. The molecular formula is C23H22N10O3. The van der Waals surface area contributed by atoms with Crippen molar-refractivity contribution in [3.8, 4) is 5.75 Å². The second-order valence-electron chi connectivity index (χ2n) is 8.22. The number of aromatic nitrogens is 5. The summed E-state index contributed by atoms with van der Waals surface area (Å²) < 4.78 is 5.46. The molecule has 4 aromatic heterocycles. The molecular weight excluding hydrogens is 464 g/mol. The van der Waals surface area contributed by atoms with E-state index in [9.17, 15) is 9.59 Å². The number of H-pyrrole nitrogens is 1. The SMILES string of the molecule is COc1cnc(N2C=CNN2)c2[nH]cc(C(=O)C(=O)N3CCN(c4ncnc5ncccc45)CC3)c12. The minimum absolute atomic E-state index is 0.238. The predicted molar refractivity (Wildman–Crippen MR) is 131 cm³/mol. The number of Topliss-reactive ketones (excluding diaryl/α,β-unsaturated/α-hetero) is 1. The minimum Gasteiger partial charge on any atom is -0.494 e. The van der Waals surface area contributed by atoms with Crippen molar-refractivity contribution in [2.45, 2.75) is 0 Å². The number of ketones is 1. The Bertz CT molecular complexity index is 1500. The molecule has 4 aromatic rings. The number of methoxy groups -OCH3 is 1. The van der Waals surface area contributed by atoms with E-state index in [0.717, 1.165) is 11.2 Å². The Balaban J connectivity index is 1.23. The molecule has 1 amide bonds. The average molecular weight is 486 g/mol. The topological polar surface area (TPSA) is 144 Å². The normalized spacial score (nSPS) is 15.5. The summed E-state index contributed by atoms with van der Waals surface area (Å²) in [5.74, 6) is 0.526. The van der Waals surface area contributed by atoms with Crippen molar-refractivity contribution in [3.63, 3.8) is 0 Å². The van der Waals surface area contributed by atoms with E-state index in [1.165, 1.54) is 25.8 Å². The van der Waals surface area contributed by atoms with Gasteiger partial charge in [-0.25, -0.2) is 24.9 Å². The monoisotopic (exact) mass is 486 g/mol. The van der Waals surface area contributed by atoms with E-state index in [-0.39, 0.29) is 5.56 Å². The molecule has 1 saturated heterocycles. The molecule has 0 saturated carbocycles. The Hall–Kier alpha value is -4.78. The van der Waals surface area contributed by atoms with Crippen LogP contribution >= 0.6 is 0 Å². The summed E-state index contributed by atoms with van der Waals surface area (Å²) in [6.45, 7) is 1.84. The van der Waals surface area contributed by atoms with Gasteiger partial charge in [0.2, 0.25) is 0 Å². The van der Waals surface area contributed by atoms with Crippen molar-refractivity contribution < 1.29 is 14.3 Å². The van der Waals surface area contributed by atoms with Gasteiger partial charge in [-0.05, 0) is 12.1 Å². The van der Waals surface area contributed by atoms with Crippen LogP contribution in [0.3, 0.4) is 0 Å². The summed E-state index contributed by atoms with van der Waals surface area (Å²) in [6, 6.07) is 3.77. The zero-order valence-electron chi connectivity index (χ0n) is 19.3. The third-order valence-corrected chi connectivity index (χ3v) is 6.29. The van der Waals surface area contributed by atoms with E-state index < -0.39 is 11.7 Å². The number of ether oxygens (including phenoxy) is 1. The Kier molecular flexibility index (Phi) is 5.30. The number of piperazine rings is 1. The molecule has 0 aromatic carbocycles. The molecule has 36 heavy (non-hydrogen) atoms. The first-order chi connectivity index (χ1) is 17.7. The largest absolute Gasteiger partial charge is 0.494 e. The number of rotatable bonds is 5. The molecule has 13 nitrogen and oxygen atoms in total. The summed E-state index contributed by atoms with van der Waals surface area (Å²) in [7, 11) is 1.50. The van der Waals surface area contributed by atoms with Gasteiger partial charge in [-0.2, -0.15) is 0 Å². The van der Waals surface area contributed by atoms with E-state index in [1.54, 1.807) is 28.5 Å². The number of carbonyl (C=O) groups is 2. The molecule has 0 atom stereocenters. The van der Waals surface area contributed by atoms with Crippen LogP contribution in [-0.4, -0.2) is 74.8 Å². The maximum atomic E-state index is 13.4. The van der Waals surface area contributed by atoms with Gasteiger partial charge in [-0.15, -0.1) is 5.53 Å². The molecule has 1 fully saturated rings. The molecule has 0 bridgehead atoms. The summed E-state index contributed by atoms with van der Waals surface area (Å²) in [5.41, 5.74) is 7.19. The van der Waals surface area contributed by atoms with Crippen LogP contribution in [0.4, 0.5) is 11.6 Å². The van der Waals surface area contributed by atoms with Crippen LogP contribution in [-0.2, 0) is 4.79 Å². The fourth-order valence-electron chi connectivity index (χ4n) is 4.51. The zero-order chi connectivity index (χ0) is 24.6. The average Bonchev–Trinajstić information content (AvgIpc) is 3.63. The van der Waals surface area contributed by atoms with Crippen molar-refractivity contribution in [2.24, 2.45) is 0 Å². The molecule has 0 radical (unpaired) electrons. The maximum absolute atomic E-state index is 13.4. The molecule has 0 spiro atoms. The fourth-order valence-corrected chi connectivity index (χ4v) is 4.51. The first-order valence-corrected chi connectivity index (χ1v) is 11.3. The lowest BCUT2D eigenvalue weighted by atomic mass is 10.1. The number of nitrogens with zero attached hydrogens (tertiary/aromatic N) is 7. The van der Waals surface area contributed by atoms with E-state index in [1.807, 2.05) is 12.1 Å². The second kappa shape index (κ2) is 8.78. The number of aromatic amines is 1. The van der Waals surface area contributed by atoms with Crippen LogP contribution < -0.4 is 25.6 Å². The molecule has 0 unspecified atom stereocenters. The van der Waals surface area contributed by atoms with Gasteiger partial charge < -0.3 is 24.9 Å². The molecule has 3 N–H and O–H groups in total. The highest BCUT2D eigenvalue weighted by Gasteiger charge is 2.31. The van der Waals surface area contributed by atoms with Crippen LogP contribution in [0.2, 0.25) is 0 Å². The van der Waals surface area contributed by atoms with E-state index in [0.29, 0.717) is 54.3 Å². The van der Waals surface area contributed by atoms with Gasteiger partial charge in [0.1, 0.15) is 17.9 Å². The first kappa shape index (κ1) is 21.7. The summed E-state index contributed by atoms with van der Waals surface area (Å²) in [4.78, 5) is 50.7. The van der Waals surface area contributed by atoms with Crippen molar-refractivity contribution in [1.82, 2.24) is 40.8 Å². The van der Waals surface area contributed by atoms with Crippen LogP contribution in [0, 0.1) is 0 Å². The fraction of sp³-hybridized carbons (Fsp3) is 0.217. The van der Waals surface area contributed by atoms with Crippen LogP contribution in [0.1, 0.15) is 10.4 Å². The number of amides is 1. The third kappa shape index (κ3) is 3.53. The van der Waals surface area contributed by atoms with Gasteiger partial charge in [0.25, 0.3) is 11.7 Å². The molecule has 2 aliphatic rings. The highest BCUT2D eigenvalue weighted by molar-refractivity contribution is 6.45. The lowest BCUT2D eigenvalue weighted by Gasteiger charge is -2.35. The minimum atomic E-state index is -0.607. The Labute approximate surface area is 204 Å². The van der Waals surface area contributed by atoms with Gasteiger partial charge in [0.05, 0.1) is 35.2 Å². The Morgan fingerprint density at radius 1 is 1.06 bits per heavy atom. The number of pyridine rings is 2. The van der Waals surface area contributed by atoms with Gasteiger partial charge in [-0.3, -0.25) is 9.59 Å². The molecule has 2 aliphatic heterocycles. The van der Waals surface area contributed by atoms with E-state index in [2.05, 4.69) is 40.8 Å². The van der Waals surface area contributed by atoms with Crippen molar-refractivity contribution in [2.75, 3.05) is 43.2 Å². The second-order valence-corrected chi connectivity index (χ2v) is 8.22. The van der Waals surface area contributed by atoms with Crippen molar-refractivity contribution >= 4 is 45.3 Å². The predicted octanol–water partition coefficient (Wildman–Crippen LogP) is 0.742. The summed E-state index contributed by atoms with van der Waals surface area (Å²) >= 11 is 0. The van der Waals surface area contributed by atoms with Crippen LogP contribution in [0.5, 0.6) is 5.75 Å². The molecule has 0 aliphatic carbocycles. The lowest BCUT2D eigenvalue weighted by molar-refractivity contribution is -0.126. The summed E-state index contributed by atoms with van der Waals surface area (Å²) in [6.07, 6.45) is 9.69. The quantitative estimate of drug-likeness (QED) is 0.271. The number of anilines is 2. The molecule has 6 heterocycles. The number of hydrazine groups is 2. The highest BCUT2D eigenvalue weighted by atomic mass is 16.5. The number of hydrogen-bond acceptors (Lipinski definition) is 11. The first-order valence-electron chi connectivity index (χ1n) is 11.3. The third-order valence-electron chi connectivity index (χ3n) is 6.29. The van der Waals surface area contributed by atoms with Crippen LogP contribution in [0.15, 0.2) is 49.5 Å². The standard InChI is InChI=1S/C23H22N10O3/c1-36-16-12-26-22(33-6-5-29-30-33)18-17(16)15(11-25-18)19(34)23(35)32-9-7-31(8-10-32)21-14-3-2-4-24-20(14)27-13-28-21/h2-6,11-13,25,29-30H,7-10H2,1H3. The highest BCUT2D eigenvalue weighted by Crippen LogP contribution is 2.34. The van der Waals surface area contributed by atoms with Gasteiger partial charge in [0.15, 0.2) is 11.5 Å². The number of carbonyl (C=O) groups excluding carboxylic acids is 2. The van der Waals surface area contributed by atoms with Crippen molar-refractivity contribution in [1.29, 1.82) is 0 Å². The van der Waals surface area contributed by atoms with Crippen LogP contribution in [0.25, 0.3) is 21.9 Å². The number of hydrogen-bond donors (Lipinski definition) is 3. The Morgan fingerprint density at radius 3 is 2.69 bits per heavy atom. The molecule has 6 rings (SSSR count). The van der Waals surface area contributed by atoms with E-state index in [4.69, 9.17) is 4.74 Å². The maximum Gasteiger partial charge on any atom is 0.295 e. The summed E-state index contributed by atoms with van der Waals surface area (Å²) in [5, 5.41) is 3.00. The Morgan fingerprint density at radius 2 is 1.92 bits per heavy atom. The van der Waals surface area contributed by atoms with Crippen molar-refractivity contribution in [3.05, 3.63) is 55.0 Å². The zero-order valence-corrected chi connectivity index (χ0v) is 19.3. The number of fused-ring (bicyclic) bond motifs is 2. The number of nitrogens with one attached hydrogen (secondary N) is 3. The molecule has 13 heteroatoms. The van der Waals surface area contributed by atoms with Gasteiger partial charge in [0, 0.05) is 51.0 Å². The van der Waals surface area contributed by atoms with Gasteiger partial charge >= 0.3 is 0 Å². The lowest BCUT2D eigenvalue weighted by Crippen LogP contribution is -2.51. The van der Waals surface area contributed by atoms with Gasteiger partial charge in [-0.1, -0.05) is 0 Å². The van der Waals surface area contributed by atoms with E-state index >= 15 is 0 Å².